The van der Waals surface area contributed by atoms with E-state index in [1.54, 1.807) is 20.8 Å². The van der Waals surface area contributed by atoms with Gasteiger partial charge in [0, 0.05) is 6.42 Å². The number of ether oxygens (including phenoxy) is 1. The third-order valence-electron chi connectivity index (χ3n) is 2.28. The molecule has 0 aromatic carbocycles. The van der Waals surface area contributed by atoms with Crippen LogP contribution in [-0.2, 0) is 24.0 Å². The first-order chi connectivity index (χ1) is 9.11. The van der Waals surface area contributed by atoms with E-state index in [0.717, 1.165) is 0 Å². The van der Waals surface area contributed by atoms with Crippen LogP contribution in [0.3, 0.4) is 0 Å². The minimum absolute atomic E-state index is 0.0934. The minimum atomic E-state index is -1.28. The molecule has 3 amide bonds. The van der Waals surface area contributed by atoms with Crippen molar-refractivity contribution in [2.75, 3.05) is 6.61 Å². The molecular weight excluding hydrogens is 272 g/mol. The average Bonchev–Trinajstić information content (AvgIpc) is 2.54. The van der Waals surface area contributed by atoms with E-state index >= 15 is 0 Å². The molecule has 0 aliphatic carbocycles. The van der Waals surface area contributed by atoms with Gasteiger partial charge in [0.05, 0.1) is 0 Å². The monoisotopic (exact) mass is 288 g/mol. The summed E-state index contributed by atoms with van der Waals surface area (Å²) in [6.45, 7) is 4.33. The van der Waals surface area contributed by atoms with Gasteiger partial charge in [0.2, 0.25) is 0 Å². The Bertz CT molecular complexity index is 441. The molecule has 1 fully saturated rings. The predicted molar refractivity (Wildman–Crippen MR) is 62.1 cm³/mol. The molecule has 1 rings (SSSR count). The summed E-state index contributed by atoms with van der Waals surface area (Å²) >= 11 is 0. The second-order valence-corrected chi connectivity index (χ2v) is 5.16. The largest absolute Gasteiger partial charge is 0.442 e. The number of amides is 3. The van der Waals surface area contributed by atoms with Gasteiger partial charge in [-0.25, -0.2) is 4.79 Å². The molecule has 0 aromatic rings. The van der Waals surface area contributed by atoms with Gasteiger partial charge in [0.25, 0.3) is 11.8 Å². The highest BCUT2D eigenvalue weighted by molar-refractivity contribution is 6.13. The van der Waals surface area contributed by atoms with Gasteiger partial charge < -0.3 is 4.74 Å². The van der Waals surface area contributed by atoms with E-state index < -0.39 is 48.2 Å². The van der Waals surface area contributed by atoms with Gasteiger partial charge in [-0.2, -0.15) is 10.5 Å². The lowest BCUT2D eigenvalue weighted by molar-refractivity contribution is -0.172. The SMILES string of the molecule is CC(C)(C)OC(=O)NOCC(=O)C1CC(=O)N(O)C1=O. The zero-order chi connectivity index (χ0) is 15.5. The molecule has 1 aliphatic heterocycles. The summed E-state index contributed by atoms with van der Waals surface area (Å²) in [7, 11) is 0. The lowest BCUT2D eigenvalue weighted by Crippen LogP contribution is -2.36. The Morgan fingerprint density at radius 2 is 2.00 bits per heavy atom. The maximum atomic E-state index is 11.6. The van der Waals surface area contributed by atoms with Crippen LogP contribution in [0.2, 0.25) is 0 Å². The lowest BCUT2D eigenvalue weighted by atomic mass is 10.0. The highest BCUT2D eigenvalue weighted by atomic mass is 16.7. The zero-order valence-electron chi connectivity index (χ0n) is 11.3. The molecule has 1 unspecified atom stereocenters. The van der Waals surface area contributed by atoms with Crippen LogP contribution in [0.15, 0.2) is 0 Å². The summed E-state index contributed by atoms with van der Waals surface area (Å²) in [6, 6.07) is 0. The number of Topliss-reactive ketones (excluding diaryl/α,β-unsaturated/α-hetero) is 1. The molecule has 0 bridgehead atoms. The minimum Gasteiger partial charge on any atom is -0.442 e. The van der Waals surface area contributed by atoms with Gasteiger partial charge in [-0.15, -0.1) is 0 Å². The van der Waals surface area contributed by atoms with Gasteiger partial charge in [-0.3, -0.25) is 24.4 Å². The van der Waals surface area contributed by atoms with Gasteiger partial charge in [-0.1, -0.05) is 0 Å². The highest BCUT2D eigenvalue weighted by Gasteiger charge is 2.42. The standard InChI is InChI=1S/C11H16N2O7/c1-11(2,3)20-10(17)12-19-5-7(14)6-4-8(15)13(18)9(6)16/h6,18H,4-5H2,1-3H3,(H,12,17). The first-order valence-electron chi connectivity index (χ1n) is 5.81. The number of rotatable bonds is 4. The third kappa shape index (κ3) is 4.28. The molecular formula is C11H16N2O7. The van der Waals surface area contributed by atoms with Crippen molar-refractivity contribution in [1.82, 2.24) is 10.5 Å². The number of hydrogen-bond acceptors (Lipinski definition) is 7. The Hall–Kier alpha value is -2.00. The van der Waals surface area contributed by atoms with E-state index in [1.807, 2.05) is 5.48 Å². The number of carbonyl (C=O) groups excluding carboxylic acids is 4. The van der Waals surface area contributed by atoms with Crippen LogP contribution in [0, 0.1) is 5.92 Å². The van der Waals surface area contributed by atoms with Crippen molar-refractivity contribution in [2.24, 2.45) is 5.92 Å². The molecule has 0 spiro atoms. The average molecular weight is 288 g/mol. The molecule has 1 heterocycles. The fraction of sp³-hybridized carbons (Fsp3) is 0.636. The van der Waals surface area contributed by atoms with Crippen LogP contribution in [0.5, 0.6) is 0 Å². The Labute approximate surface area is 114 Å². The second kappa shape index (κ2) is 5.97. The summed E-state index contributed by atoms with van der Waals surface area (Å²) in [5, 5.41) is 8.88. The predicted octanol–water partition coefficient (Wildman–Crippen LogP) is -0.224. The van der Waals surface area contributed by atoms with E-state index in [-0.39, 0.29) is 5.06 Å². The van der Waals surface area contributed by atoms with Gasteiger partial charge >= 0.3 is 6.09 Å². The van der Waals surface area contributed by atoms with Crippen LogP contribution in [-0.4, -0.2) is 46.2 Å². The first kappa shape index (κ1) is 16.1. The number of nitrogens with zero attached hydrogens (tertiary/aromatic N) is 1. The Balaban J connectivity index is 2.36. The van der Waals surface area contributed by atoms with E-state index in [4.69, 9.17) is 9.94 Å². The van der Waals surface area contributed by atoms with Crippen LogP contribution in [0.25, 0.3) is 0 Å². The van der Waals surface area contributed by atoms with Crippen molar-refractivity contribution >= 4 is 23.7 Å². The number of hydrogen-bond donors (Lipinski definition) is 2. The van der Waals surface area contributed by atoms with Gasteiger partial charge in [0.1, 0.15) is 18.1 Å². The van der Waals surface area contributed by atoms with Crippen LogP contribution in [0.1, 0.15) is 27.2 Å². The fourth-order valence-corrected chi connectivity index (χ4v) is 1.44. The van der Waals surface area contributed by atoms with Crippen molar-refractivity contribution < 1.29 is 34.0 Å². The first-order valence-corrected chi connectivity index (χ1v) is 5.81. The normalized spacial score (nSPS) is 19.2. The molecule has 9 nitrogen and oxygen atoms in total. The van der Waals surface area contributed by atoms with Crippen LogP contribution >= 0.6 is 0 Å². The third-order valence-corrected chi connectivity index (χ3v) is 2.28. The van der Waals surface area contributed by atoms with Crippen LogP contribution < -0.4 is 5.48 Å². The zero-order valence-corrected chi connectivity index (χ0v) is 11.3. The molecule has 20 heavy (non-hydrogen) atoms. The number of ketones is 1. The molecule has 1 aliphatic rings. The van der Waals surface area contributed by atoms with Gasteiger partial charge in [-0.05, 0) is 20.8 Å². The van der Waals surface area contributed by atoms with Crippen molar-refractivity contribution in [3.05, 3.63) is 0 Å². The van der Waals surface area contributed by atoms with Crippen LogP contribution in [0.4, 0.5) is 4.79 Å². The van der Waals surface area contributed by atoms with Crippen molar-refractivity contribution in [3.63, 3.8) is 0 Å². The second-order valence-electron chi connectivity index (χ2n) is 5.16. The van der Waals surface area contributed by atoms with Gasteiger partial charge in [0.15, 0.2) is 5.78 Å². The van der Waals surface area contributed by atoms with Crippen molar-refractivity contribution in [2.45, 2.75) is 32.8 Å². The number of imide groups is 1. The van der Waals surface area contributed by atoms with E-state index in [1.165, 1.54) is 0 Å². The Kier molecular flexibility index (Phi) is 4.79. The quantitative estimate of drug-likeness (QED) is 0.317. The Morgan fingerprint density at radius 1 is 1.40 bits per heavy atom. The maximum Gasteiger partial charge on any atom is 0.431 e. The smallest absolute Gasteiger partial charge is 0.431 e. The number of carbonyl (C=O) groups is 4. The molecule has 0 radical (unpaired) electrons. The summed E-state index contributed by atoms with van der Waals surface area (Å²) in [6.07, 6.45) is -1.30. The summed E-state index contributed by atoms with van der Waals surface area (Å²) in [5.74, 6) is -3.86. The van der Waals surface area contributed by atoms with E-state index in [0.29, 0.717) is 0 Å². The topological polar surface area (TPSA) is 122 Å². The number of hydroxylamine groups is 3. The molecule has 0 saturated carbocycles. The number of nitrogens with one attached hydrogen (secondary N) is 1. The lowest BCUT2D eigenvalue weighted by Gasteiger charge is -2.19. The highest BCUT2D eigenvalue weighted by Crippen LogP contribution is 2.18. The molecule has 112 valence electrons. The molecule has 9 heteroatoms. The van der Waals surface area contributed by atoms with E-state index in [2.05, 4.69) is 4.84 Å². The van der Waals surface area contributed by atoms with E-state index in [9.17, 15) is 19.2 Å². The van der Waals surface area contributed by atoms with Crippen molar-refractivity contribution in [3.8, 4) is 0 Å². The maximum absolute atomic E-state index is 11.6. The summed E-state index contributed by atoms with van der Waals surface area (Å²) in [4.78, 5) is 49.7. The summed E-state index contributed by atoms with van der Waals surface area (Å²) in [5.41, 5.74) is 1.16. The molecule has 2 N–H and O–H groups in total. The molecule has 1 atom stereocenters. The summed E-state index contributed by atoms with van der Waals surface area (Å²) < 4.78 is 4.84. The fourth-order valence-electron chi connectivity index (χ4n) is 1.44. The molecule has 0 aromatic heterocycles. The Morgan fingerprint density at radius 3 is 2.45 bits per heavy atom. The van der Waals surface area contributed by atoms with Crippen molar-refractivity contribution in [1.29, 1.82) is 0 Å². The molecule has 1 saturated heterocycles.